The van der Waals surface area contributed by atoms with E-state index in [0.717, 1.165) is 37.0 Å². The van der Waals surface area contributed by atoms with Crippen LogP contribution in [0.3, 0.4) is 0 Å². The molecule has 0 aromatic carbocycles. The Bertz CT molecular complexity index is 527. The number of halogens is 1. The van der Waals surface area contributed by atoms with Crippen molar-refractivity contribution >= 4 is 38.9 Å². The first-order chi connectivity index (χ1) is 9.42. The van der Waals surface area contributed by atoms with Crippen LogP contribution in [0.1, 0.15) is 38.5 Å². The summed E-state index contributed by atoms with van der Waals surface area (Å²) in [6.07, 6.45) is 4.28. The first-order valence-corrected chi connectivity index (χ1v) is 9.06. The smallest absolute Gasteiger partial charge is 0.303 e. The molecule has 0 bridgehead atoms. The van der Waals surface area contributed by atoms with Crippen LogP contribution in [0.15, 0.2) is 16.3 Å². The highest BCUT2D eigenvalue weighted by atomic mass is 35.5. The van der Waals surface area contributed by atoms with Crippen molar-refractivity contribution in [2.24, 2.45) is 0 Å². The zero-order valence-electron chi connectivity index (χ0n) is 11.0. The van der Waals surface area contributed by atoms with Gasteiger partial charge in [-0.3, -0.25) is 4.79 Å². The lowest BCUT2D eigenvalue weighted by molar-refractivity contribution is -0.137. The lowest BCUT2D eigenvalue weighted by atomic mass is 10.1. The van der Waals surface area contributed by atoms with E-state index in [4.69, 9.17) is 16.7 Å². The molecular formula is C12H18ClNO4S2. The molecule has 0 radical (unpaired) electrons. The molecule has 5 nitrogen and oxygen atoms in total. The second-order valence-electron chi connectivity index (χ2n) is 4.37. The van der Waals surface area contributed by atoms with Gasteiger partial charge in [-0.05, 0) is 25.0 Å². The standard InChI is InChI=1S/C12H18ClNO4S2/c13-10-7-8-12(19-10)20(17,18)14-9-5-3-1-2-4-6-11(15)16/h7-8,14H,1-6,9H2,(H,15,16). The van der Waals surface area contributed by atoms with Crippen molar-refractivity contribution < 1.29 is 18.3 Å². The molecule has 0 amide bonds. The summed E-state index contributed by atoms with van der Waals surface area (Å²) in [6, 6.07) is 3.05. The van der Waals surface area contributed by atoms with Crippen LogP contribution in [-0.4, -0.2) is 26.0 Å². The van der Waals surface area contributed by atoms with Crippen LogP contribution >= 0.6 is 22.9 Å². The van der Waals surface area contributed by atoms with E-state index in [0.29, 0.717) is 17.3 Å². The molecule has 8 heteroatoms. The number of hydrogen-bond acceptors (Lipinski definition) is 4. The van der Waals surface area contributed by atoms with Crippen molar-refractivity contribution in [2.75, 3.05) is 6.54 Å². The van der Waals surface area contributed by atoms with Crippen molar-refractivity contribution in [3.8, 4) is 0 Å². The molecule has 0 aliphatic heterocycles. The van der Waals surface area contributed by atoms with Gasteiger partial charge in [-0.1, -0.05) is 30.9 Å². The number of carbonyl (C=O) groups is 1. The normalized spacial score (nSPS) is 11.7. The molecule has 0 atom stereocenters. The van der Waals surface area contributed by atoms with Gasteiger partial charge in [0.1, 0.15) is 4.21 Å². The summed E-state index contributed by atoms with van der Waals surface area (Å²) < 4.78 is 26.9. The Hall–Kier alpha value is -0.630. The summed E-state index contributed by atoms with van der Waals surface area (Å²) in [5, 5.41) is 8.47. The van der Waals surface area contributed by atoms with E-state index in [1.54, 1.807) is 6.07 Å². The van der Waals surface area contributed by atoms with Crippen LogP contribution < -0.4 is 4.72 Å². The van der Waals surface area contributed by atoms with E-state index in [-0.39, 0.29) is 10.6 Å². The molecule has 0 aliphatic rings. The Labute approximate surface area is 128 Å². The second-order valence-corrected chi connectivity index (χ2v) is 8.08. The largest absolute Gasteiger partial charge is 0.481 e. The highest BCUT2D eigenvalue weighted by Crippen LogP contribution is 2.25. The van der Waals surface area contributed by atoms with E-state index in [1.807, 2.05) is 0 Å². The maximum Gasteiger partial charge on any atom is 0.303 e. The Morgan fingerprint density at radius 3 is 2.45 bits per heavy atom. The minimum absolute atomic E-state index is 0.200. The minimum Gasteiger partial charge on any atom is -0.481 e. The van der Waals surface area contributed by atoms with Crippen LogP contribution in [0.25, 0.3) is 0 Å². The van der Waals surface area contributed by atoms with Crippen LogP contribution in [-0.2, 0) is 14.8 Å². The van der Waals surface area contributed by atoms with E-state index < -0.39 is 16.0 Å². The molecule has 0 fully saturated rings. The Morgan fingerprint density at radius 2 is 1.85 bits per heavy atom. The number of nitrogens with one attached hydrogen (secondary N) is 1. The third kappa shape index (κ3) is 6.69. The maximum absolute atomic E-state index is 11.8. The summed E-state index contributed by atoms with van der Waals surface area (Å²) in [4.78, 5) is 10.3. The molecule has 0 saturated carbocycles. The molecule has 114 valence electrons. The molecule has 0 saturated heterocycles. The number of carboxylic acids is 1. The van der Waals surface area contributed by atoms with Crippen molar-refractivity contribution in [1.82, 2.24) is 4.72 Å². The van der Waals surface area contributed by atoms with Crippen molar-refractivity contribution in [1.29, 1.82) is 0 Å². The fourth-order valence-electron chi connectivity index (χ4n) is 1.65. The Morgan fingerprint density at radius 1 is 1.20 bits per heavy atom. The minimum atomic E-state index is -3.44. The van der Waals surface area contributed by atoms with Gasteiger partial charge in [-0.2, -0.15) is 0 Å². The number of thiophene rings is 1. The van der Waals surface area contributed by atoms with Gasteiger partial charge in [-0.15, -0.1) is 11.3 Å². The van der Waals surface area contributed by atoms with Gasteiger partial charge in [0.2, 0.25) is 10.0 Å². The molecule has 0 aliphatic carbocycles. The lowest BCUT2D eigenvalue weighted by Crippen LogP contribution is -2.23. The van der Waals surface area contributed by atoms with Crippen LogP contribution in [0.4, 0.5) is 0 Å². The van der Waals surface area contributed by atoms with Gasteiger partial charge < -0.3 is 5.11 Å². The molecule has 1 heterocycles. The first kappa shape index (κ1) is 17.4. The molecule has 0 spiro atoms. The number of aliphatic carboxylic acids is 1. The third-order valence-electron chi connectivity index (χ3n) is 2.67. The van der Waals surface area contributed by atoms with Gasteiger partial charge in [0.15, 0.2) is 0 Å². The van der Waals surface area contributed by atoms with Gasteiger partial charge in [0.05, 0.1) is 4.34 Å². The van der Waals surface area contributed by atoms with Crippen LogP contribution in [0.5, 0.6) is 0 Å². The van der Waals surface area contributed by atoms with E-state index in [2.05, 4.69) is 4.72 Å². The first-order valence-electron chi connectivity index (χ1n) is 6.38. The molecule has 1 aromatic rings. The molecule has 20 heavy (non-hydrogen) atoms. The van der Waals surface area contributed by atoms with Gasteiger partial charge in [0.25, 0.3) is 0 Å². The average molecular weight is 340 g/mol. The quantitative estimate of drug-likeness (QED) is 0.641. The summed E-state index contributed by atoms with van der Waals surface area (Å²) >= 11 is 6.74. The van der Waals surface area contributed by atoms with Gasteiger partial charge in [0, 0.05) is 13.0 Å². The monoisotopic (exact) mass is 339 g/mol. The van der Waals surface area contributed by atoms with Crippen molar-refractivity contribution in [2.45, 2.75) is 42.7 Å². The summed E-state index contributed by atoms with van der Waals surface area (Å²) in [5.74, 6) is -0.771. The summed E-state index contributed by atoms with van der Waals surface area (Å²) in [7, 11) is -3.44. The highest BCUT2D eigenvalue weighted by molar-refractivity contribution is 7.91. The number of hydrogen-bond donors (Lipinski definition) is 2. The third-order valence-corrected chi connectivity index (χ3v) is 5.86. The average Bonchev–Trinajstić information content (AvgIpc) is 2.79. The number of unbranched alkanes of at least 4 members (excludes halogenated alkanes) is 4. The second kappa shape index (κ2) is 8.61. The zero-order chi connectivity index (χ0) is 15.0. The lowest BCUT2D eigenvalue weighted by Gasteiger charge is -2.04. The molecule has 2 N–H and O–H groups in total. The summed E-state index contributed by atoms with van der Waals surface area (Å²) in [5.41, 5.74) is 0. The number of carboxylic acid groups (broad SMARTS) is 1. The van der Waals surface area contributed by atoms with Crippen LogP contribution in [0, 0.1) is 0 Å². The number of sulfonamides is 1. The predicted octanol–water partition coefficient (Wildman–Crippen LogP) is 3.11. The maximum atomic E-state index is 11.8. The van der Waals surface area contributed by atoms with Gasteiger partial charge >= 0.3 is 5.97 Å². The zero-order valence-corrected chi connectivity index (χ0v) is 13.4. The topological polar surface area (TPSA) is 83.5 Å². The predicted molar refractivity (Wildman–Crippen MR) is 79.9 cm³/mol. The van der Waals surface area contributed by atoms with Gasteiger partial charge in [-0.25, -0.2) is 13.1 Å². The molecule has 1 aromatic heterocycles. The molecule has 1 rings (SSSR count). The van der Waals surface area contributed by atoms with E-state index >= 15 is 0 Å². The fraction of sp³-hybridized carbons (Fsp3) is 0.583. The van der Waals surface area contributed by atoms with E-state index in [1.165, 1.54) is 6.07 Å². The molecule has 0 unspecified atom stereocenters. The number of rotatable bonds is 10. The van der Waals surface area contributed by atoms with E-state index in [9.17, 15) is 13.2 Å². The molecular weight excluding hydrogens is 322 g/mol. The Kier molecular flexibility index (Phi) is 7.50. The highest BCUT2D eigenvalue weighted by Gasteiger charge is 2.15. The SMILES string of the molecule is O=C(O)CCCCCCCNS(=O)(=O)c1ccc(Cl)s1. The van der Waals surface area contributed by atoms with Crippen molar-refractivity contribution in [3.63, 3.8) is 0 Å². The Balaban J connectivity index is 2.13. The van der Waals surface area contributed by atoms with Crippen molar-refractivity contribution in [3.05, 3.63) is 16.5 Å². The summed E-state index contributed by atoms with van der Waals surface area (Å²) in [6.45, 7) is 0.386. The van der Waals surface area contributed by atoms with Crippen LogP contribution in [0.2, 0.25) is 4.34 Å². The fourth-order valence-corrected chi connectivity index (χ4v) is 4.25.